The number of nitrogens with zero attached hydrogens (tertiary/aromatic N) is 3. The maximum atomic E-state index is 13.9. The highest BCUT2D eigenvalue weighted by molar-refractivity contribution is 5.98. The molecule has 1 atom stereocenters. The highest BCUT2D eigenvalue weighted by Gasteiger charge is 2.36. The second-order valence-electron chi connectivity index (χ2n) is 8.74. The Labute approximate surface area is 205 Å². The molecule has 7 nitrogen and oxygen atoms in total. The van der Waals surface area contributed by atoms with Crippen LogP contribution >= 0.6 is 0 Å². The summed E-state index contributed by atoms with van der Waals surface area (Å²) in [6.45, 7) is 0. The lowest BCUT2D eigenvalue weighted by molar-refractivity contribution is 0.229. The Bertz CT molecular complexity index is 1760. The van der Waals surface area contributed by atoms with Gasteiger partial charge < -0.3 is 14.0 Å². The molecule has 0 unspecified atom stereocenters. The number of benzene rings is 3. The molecule has 2 aromatic heterocycles. The van der Waals surface area contributed by atoms with Crippen LogP contribution in [-0.4, -0.2) is 20.8 Å². The van der Waals surface area contributed by atoms with Gasteiger partial charge in [0.2, 0.25) is 0 Å². The molecule has 3 aromatic carbocycles. The SMILES string of the molecule is COc1ccc([C@@H]2Oc3ccccc3-n3c(-c4ccc(F)cc4)c4c(=O)n(C)c(=O)n(C)c4c32)cc1. The van der Waals surface area contributed by atoms with Gasteiger partial charge in [-0.2, -0.15) is 0 Å². The van der Waals surface area contributed by atoms with Crippen molar-refractivity contribution in [2.24, 2.45) is 14.1 Å². The number of para-hydroxylation sites is 2. The third kappa shape index (κ3) is 3.04. The van der Waals surface area contributed by atoms with Crippen molar-refractivity contribution in [1.82, 2.24) is 13.7 Å². The van der Waals surface area contributed by atoms with Crippen LogP contribution < -0.4 is 20.7 Å². The summed E-state index contributed by atoms with van der Waals surface area (Å²) in [7, 11) is 4.70. The van der Waals surface area contributed by atoms with Crippen molar-refractivity contribution in [2.75, 3.05) is 7.11 Å². The van der Waals surface area contributed by atoms with Crippen LogP contribution in [0.4, 0.5) is 4.39 Å². The van der Waals surface area contributed by atoms with Gasteiger partial charge in [-0.15, -0.1) is 0 Å². The molecule has 0 bridgehead atoms. The number of ether oxygens (including phenoxy) is 2. The lowest BCUT2D eigenvalue weighted by atomic mass is 10.0. The van der Waals surface area contributed by atoms with Crippen molar-refractivity contribution in [3.05, 3.63) is 111 Å². The molecule has 36 heavy (non-hydrogen) atoms. The molecule has 6 rings (SSSR count). The Morgan fingerprint density at radius 1 is 0.889 bits per heavy atom. The first-order chi connectivity index (χ1) is 17.4. The Hall–Kier alpha value is -4.59. The van der Waals surface area contributed by atoms with Gasteiger partial charge in [-0.3, -0.25) is 13.9 Å². The Balaban J connectivity index is 1.82. The van der Waals surface area contributed by atoms with Crippen LogP contribution in [0.1, 0.15) is 17.4 Å². The highest BCUT2D eigenvalue weighted by atomic mass is 19.1. The van der Waals surface area contributed by atoms with E-state index in [2.05, 4.69) is 0 Å². The van der Waals surface area contributed by atoms with Gasteiger partial charge in [0.1, 0.15) is 17.3 Å². The predicted octanol–water partition coefficient (Wildman–Crippen LogP) is 4.32. The summed E-state index contributed by atoms with van der Waals surface area (Å²) in [4.78, 5) is 26.7. The molecule has 1 aliphatic rings. The lowest BCUT2D eigenvalue weighted by Crippen LogP contribution is -2.37. The number of aromatic nitrogens is 3. The van der Waals surface area contributed by atoms with E-state index in [9.17, 15) is 14.0 Å². The Morgan fingerprint density at radius 3 is 2.28 bits per heavy atom. The van der Waals surface area contributed by atoms with Crippen LogP contribution in [0.25, 0.3) is 27.8 Å². The zero-order valence-electron chi connectivity index (χ0n) is 19.9. The maximum Gasteiger partial charge on any atom is 0.331 e. The van der Waals surface area contributed by atoms with Crippen LogP contribution in [0.15, 0.2) is 82.4 Å². The zero-order chi connectivity index (χ0) is 25.1. The minimum atomic E-state index is -0.625. The molecule has 0 saturated carbocycles. The summed E-state index contributed by atoms with van der Waals surface area (Å²) in [5.74, 6) is 0.938. The first kappa shape index (κ1) is 21.9. The van der Waals surface area contributed by atoms with E-state index in [4.69, 9.17) is 9.47 Å². The zero-order valence-corrected chi connectivity index (χ0v) is 19.9. The van der Waals surface area contributed by atoms with E-state index in [0.29, 0.717) is 39.4 Å². The Kier molecular flexibility index (Phi) is 4.86. The molecule has 3 heterocycles. The summed E-state index contributed by atoms with van der Waals surface area (Å²) < 4.78 is 30.2. The van der Waals surface area contributed by atoms with Crippen molar-refractivity contribution in [3.8, 4) is 28.4 Å². The molecule has 5 aromatic rings. The molecule has 0 fully saturated rings. The van der Waals surface area contributed by atoms with E-state index in [1.165, 1.54) is 23.7 Å². The van der Waals surface area contributed by atoms with Crippen LogP contribution in [0, 0.1) is 5.82 Å². The van der Waals surface area contributed by atoms with Gasteiger partial charge in [-0.05, 0) is 59.7 Å². The van der Waals surface area contributed by atoms with E-state index in [-0.39, 0.29) is 5.82 Å². The van der Waals surface area contributed by atoms with E-state index in [1.54, 1.807) is 26.3 Å². The van der Waals surface area contributed by atoms with Gasteiger partial charge in [0, 0.05) is 14.1 Å². The van der Waals surface area contributed by atoms with E-state index >= 15 is 0 Å². The summed E-state index contributed by atoms with van der Waals surface area (Å²) in [5, 5.41) is 0.361. The highest BCUT2D eigenvalue weighted by Crippen LogP contribution is 2.46. The van der Waals surface area contributed by atoms with Gasteiger partial charge in [-0.1, -0.05) is 24.3 Å². The summed E-state index contributed by atoms with van der Waals surface area (Å²) >= 11 is 0. The topological polar surface area (TPSA) is 67.4 Å². The largest absolute Gasteiger partial charge is 0.497 e. The number of rotatable bonds is 3. The third-order valence-corrected chi connectivity index (χ3v) is 6.74. The van der Waals surface area contributed by atoms with Crippen LogP contribution in [0.3, 0.4) is 0 Å². The normalized spacial score (nSPS) is 14.3. The van der Waals surface area contributed by atoms with Gasteiger partial charge >= 0.3 is 5.69 Å². The van der Waals surface area contributed by atoms with Gasteiger partial charge in [0.15, 0.2) is 6.10 Å². The fourth-order valence-electron chi connectivity index (χ4n) is 5.00. The quantitative estimate of drug-likeness (QED) is 0.383. The first-order valence-corrected chi connectivity index (χ1v) is 11.4. The average molecular weight is 483 g/mol. The fraction of sp³-hybridized carbons (Fsp3) is 0.143. The number of fused-ring (bicyclic) bond motifs is 5. The first-order valence-electron chi connectivity index (χ1n) is 11.4. The molecule has 180 valence electrons. The molecule has 0 aliphatic carbocycles. The molecule has 0 saturated heterocycles. The molecule has 1 aliphatic heterocycles. The van der Waals surface area contributed by atoms with Crippen molar-refractivity contribution in [3.63, 3.8) is 0 Å². The van der Waals surface area contributed by atoms with Crippen LogP contribution in [0.2, 0.25) is 0 Å². The molecule has 8 heteroatoms. The maximum absolute atomic E-state index is 13.9. The molecular weight excluding hydrogens is 461 g/mol. The number of hydrogen-bond donors (Lipinski definition) is 0. The molecule has 0 radical (unpaired) electrons. The monoisotopic (exact) mass is 483 g/mol. The lowest BCUT2D eigenvalue weighted by Gasteiger charge is -2.30. The van der Waals surface area contributed by atoms with Gasteiger partial charge in [0.25, 0.3) is 5.56 Å². The summed E-state index contributed by atoms with van der Waals surface area (Å²) in [5.41, 5.74) is 3.01. The summed E-state index contributed by atoms with van der Waals surface area (Å²) in [6.07, 6.45) is -0.625. The van der Waals surface area contributed by atoms with Crippen molar-refractivity contribution in [2.45, 2.75) is 6.10 Å². The van der Waals surface area contributed by atoms with Crippen LogP contribution in [-0.2, 0) is 14.1 Å². The third-order valence-electron chi connectivity index (χ3n) is 6.74. The van der Waals surface area contributed by atoms with E-state index in [0.717, 1.165) is 15.8 Å². The number of aryl methyl sites for hydroxylation is 1. The van der Waals surface area contributed by atoms with Crippen molar-refractivity contribution >= 4 is 10.9 Å². The van der Waals surface area contributed by atoms with Crippen LogP contribution in [0.5, 0.6) is 11.5 Å². The molecule has 0 spiro atoms. The van der Waals surface area contributed by atoms with Crippen molar-refractivity contribution < 1.29 is 13.9 Å². The van der Waals surface area contributed by atoms with Gasteiger partial charge in [0.05, 0.1) is 35.1 Å². The number of halogens is 1. The van der Waals surface area contributed by atoms with Crippen molar-refractivity contribution in [1.29, 1.82) is 0 Å². The summed E-state index contributed by atoms with van der Waals surface area (Å²) in [6, 6.07) is 21.0. The molecule has 0 amide bonds. The predicted molar refractivity (Wildman–Crippen MR) is 135 cm³/mol. The minimum absolute atomic E-state index is 0.361. The number of hydrogen-bond acceptors (Lipinski definition) is 4. The Morgan fingerprint density at radius 2 is 1.58 bits per heavy atom. The second-order valence-corrected chi connectivity index (χ2v) is 8.74. The number of methoxy groups -OCH3 is 1. The van der Waals surface area contributed by atoms with E-state index in [1.807, 2.05) is 53.1 Å². The smallest absolute Gasteiger partial charge is 0.331 e. The fourth-order valence-corrected chi connectivity index (χ4v) is 5.00. The standard InChI is InChI=1S/C28H22FN3O4/c1-30-24-22(27(33)31(2)28(30)34)23(16-8-12-18(29)13-9-16)32-20-6-4-5-7-21(20)36-26(25(24)32)17-10-14-19(35-3)15-11-17/h4-15,26H,1-3H3/t26-/m0/s1. The van der Waals surface area contributed by atoms with Gasteiger partial charge in [-0.25, -0.2) is 9.18 Å². The molecule has 0 N–H and O–H groups in total. The molecular formula is C28H22FN3O4. The second kappa shape index (κ2) is 7.98. The average Bonchev–Trinajstić information content (AvgIpc) is 3.27. The minimum Gasteiger partial charge on any atom is -0.497 e. The van der Waals surface area contributed by atoms with E-state index < -0.39 is 17.4 Å².